The summed E-state index contributed by atoms with van der Waals surface area (Å²) in [7, 11) is 1.43. The number of guanidine groups is 1. The fourth-order valence-electron chi connectivity index (χ4n) is 2.17. The van der Waals surface area contributed by atoms with Gasteiger partial charge in [-0.2, -0.15) is 0 Å². The number of carbonyl (C=O) groups is 1. The van der Waals surface area contributed by atoms with Crippen LogP contribution in [0.1, 0.15) is 48.9 Å². The third kappa shape index (κ3) is 12.1. The molecule has 8 heteroatoms. The zero-order valence-electron chi connectivity index (χ0n) is 15.5. The highest BCUT2D eigenvalue weighted by atomic mass is 127. The Morgan fingerprint density at radius 1 is 1.28 bits per heavy atom. The second kappa shape index (κ2) is 15.4. The minimum atomic E-state index is -0.123. The van der Waals surface area contributed by atoms with Gasteiger partial charge in [0, 0.05) is 43.5 Å². The van der Waals surface area contributed by atoms with Gasteiger partial charge in [-0.15, -0.1) is 35.3 Å². The topological polar surface area (TPSA) is 75.6 Å². The van der Waals surface area contributed by atoms with Crippen molar-refractivity contribution in [3.8, 4) is 0 Å². The second-order valence-electron chi connectivity index (χ2n) is 5.54. The van der Waals surface area contributed by atoms with Crippen molar-refractivity contribution < 1.29 is 9.53 Å². The Balaban J connectivity index is 0.00000576. The molecule has 0 bridgehead atoms. The third-order valence-corrected chi connectivity index (χ3v) is 4.40. The Bertz CT molecular complexity index is 509. The zero-order chi connectivity index (χ0) is 17.6. The molecule has 1 rings (SSSR count). The molecule has 0 radical (unpaired) electrons. The van der Waals surface area contributed by atoms with Gasteiger partial charge in [-0.05, 0) is 26.7 Å². The van der Waals surface area contributed by atoms with E-state index in [1.165, 1.54) is 12.0 Å². The summed E-state index contributed by atoms with van der Waals surface area (Å²) in [5.41, 5.74) is 0. The first-order valence-corrected chi connectivity index (χ1v) is 9.47. The van der Waals surface area contributed by atoms with E-state index in [1.54, 1.807) is 11.3 Å². The molecule has 1 aromatic heterocycles. The van der Waals surface area contributed by atoms with Crippen LogP contribution in [0.5, 0.6) is 0 Å². The maximum atomic E-state index is 11.0. The molecule has 0 aliphatic heterocycles. The monoisotopic (exact) mass is 482 g/mol. The second-order valence-corrected chi connectivity index (χ2v) is 6.86. The molecule has 144 valence electrons. The lowest BCUT2D eigenvalue weighted by Crippen LogP contribution is -2.38. The van der Waals surface area contributed by atoms with E-state index in [4.69, 9.17) is 0 Å². The van der Waals surface area contributed by atoms with E-state index in [2.05, 4.69) is 39.2 Å². The summed E-state index contributed by atoms with van der Waals surface area (Å²) in [6.45, 7) is 6.61. The number of hydrogen-bond acceptors (Lipinski definition) is 5. The van der Waals surface area contributed by atoms with Crippen LogP contribution in [0.2, 0.25) is 0 Å². The van der Waals surface area contributed by atoms with E-state index in [0.29, 0.717) is 6.42 Å². The number of thiazole rings is 1. The van der Waals surface area contributed by atoms with Crippen LogP contribution in [0.3, 0.4) is 0 Å². The number of halogens is 1. The van der Waals surface area contributed by atoms with Gasteiger partial charge in [-0.25, -0.2) is 4.98 Å². The molecule has 0 saturated carbocycles. The molecule has 0 aliphatic rings. The minimum absolute atomic E-state index is 0. The third-order valence-electron chi connectivity index (χ3n) is 3.43. The standard InChI is InChI=1S/C17H30N4O2S.HI/c1-4-18-17(20-12-10-15-21-13-14(2)24-15)19-11-8-6-5-7-9-16(22)23-3;/h13H,4-12H2,1-3H3,(H2,18,19,20);1H. The number of unbranched alkanes of at least 4 members (excludes halogenated alkanes) is 3. The summed E-state index contributed by atoms with van der Waals surface area (Å²) < 4.78 is 4.63. The van der Waals surface area contributed by atoms with Gasteiger partial charge in [-0.3, -0.25) is 9.79 Å². The summed E-state index contributed by atoms with van der Waals surface area (Å²) in [6, 6.07) is 0. The van der Waals surface area contributed by atoms with E-state index >= 15 is 0 Å². The molecule has 0 saturated heterocycles. The molecular weight excluding hydrogens is 451 g/mol. The Morgan fingerprint density at radius 3 is 2.68 bits per heavy atom. The lowest BCUT2D eigenvalue weighted by atomic mass is 10.1. The maximum Gasteiger partial charge on any atom is 0.305 e. The number of ether oxygens (including phenoxy) is 1. The first-order chi connectivity index (χ1) is 11.7. The number of nitrogens with zero attached hydrogens (tertiary/aromatic N) is 2. The number of aryl methyl sites for hydroxylation is 1. The number of nitrogens with one attached hydrogen (secondary N) is 2. The van der Waals surface area contributed by atoms with Crippen LogP contribution in [-0.2, 0) is 16.0 Å². The van der Waals surface area contributed by atoms with Crippen molar-refractivity contribution >= 4 is 47.2 Å². The zero-order valence-corrected chi connectivity index (χ0v) is 18.6. The van der Waals surface area contributed by atoms with Gasteiger partial charge in [0.05, 0.1) is 12.1 Å². The van der Waals surface area contributed by atoms with Gasteiger partial charge < -0.3 is 15.4 Å². The Labute approximate surface area is 172 Å². The molecule has 0 aromatic carbocycles. The average molecular weight is 482 g/mol. The Hall–Kier alpha value is -0.900. The number of aliphatic imine (C=N–C) groups is 1. The van der Waals surface area contributed by atoms with Crippen molar-refractivity contribution in [2.75, 3.05) is 26.7 Å². The number of esters is 1. The summed E-state index contributed by atoms with van der Waals surface area (Å²) in [5, 5.41) is 7.76. The van der Waals surface area contributed by atoms with Crippen molar-refractivity contribution in [1.82, 2.24) is 15.6 Å². The molecule has 0 atom stereocenters. The molecule has 0 amide bonds. The fraction of sp³-hybridized carbons (Fsp3) is 0.706. The van der Waals surface area contributed by atoms with Crippen molar-refractivity contribution in [3.05, 3.63) is 16.1 Å². The van der Waals surface area contributed by atoms with Crippen molar-refractivity contribution in [2.24, 2.45) is 4.99 Å². The van der Waals surface area contributed by atoms with Crippen molar-refractivity contribution in [2.45, 2.75) is 52.4 Å². The molecule has 0 unspecified atom stereocenters. The predicted molar refractivity (Wildman–Crippen MR) is 115 cm³/mol. The SMILES string of the molecule is CCNC(=NCCCCCCC(=O)OC)NCCc1ncc(C)s1.I. The van der Waals surface area contributed by atoms with Gasteiger partial charge >= 0.3 is 5.97 Å². The highest BCUT2D eigenvalue weighted by Gasteiger charge is 2.01. The largest absolute Gasteiger partial charge is 0.469 e. The van der Waals surface area contributed by atoms with Crippen LogP contribution in [0, 0.1) is 6.92 Å². The lowest BCUT2D eigenvalue weighted by molar-refractivity contribution is -0.140. The molecule has 1 heterocycles. The van der Waals surface area contributed by atoms with Gasteiger partial charge in [0.2, 0.25) is 0 Å². The summed E-state index contributed by atoms with van der Waals surface area (Å²) in [6.07, 6.45) is 7.39. The number of rotatable bonds is 11. The summed E-state index contributed by atoms with van der Waals surface area (Å²) >= 11 is 1.74. The number of aromatic nitrogens is 1. The molecular formula is C17H31IN4O2S. The number of carbonyl (C=O) groups excluding carboxylic acids is 1. The molecule has 6 nitrogen and oxygen atoms in total. The van der Waals surface area contributed by atoms with E-state index < -0.39 is 0 Å². The van der Waals surface area contributed by atoms with Crippen LogP contribution in [0.4, 0.5) is 0 Å². The number of methoxy groups -OCH3 is 1. The predicted octanol–water partition coefficient (Wildman–Crippen LogP) is 3.29. The highest BCUT2D eigenvalue weighted by Crippen LogP contribution is 2.10. The Morgan fingerprint density at radius 2 is 2.04 bits per heavy atom. The van der Waals surface area contributed by atoms with E-state index in [9.17, 15) is 4.79 Å². The molecule has 0 spiro atoms. The summed E-state index contributed by atoms with van der Waals surface area (Å²) in [4.78, 5) is 21.2. The van der Waals surface area contributed by atoms with Crippen LogP contribution >= 0.6 is 35.3 Å². The van der Waals surface area contributed by atoms with E-state index in [-0.39, 0.29) is 29.9 Å². The fourth-order valence-corrected chi connectivity index (χ4v) is 2.96. The first-order valence-electron chi connectivity index (χ1n) is 8.66. The first kappa shape index (κ1) is 24.1. The minimum Gasteiger partial charge on any atom is -0.469 e. The van der Waals surface area contributed by atoms with Crippen molar-refractivity contribution in [3.63, 3.8) is 0 Å². The summed E-state index contributed by atoms with van der Waals surface area (Å²) in [5.74, 6) is 0.738. The van der Waals surface area contributed by atoms with Crippen LogP contribution in [0.15, 0.2) is 11.2 Å². The van der Waals surface area contributed by atoms with Crippen LogP contribution in [-0.4, -0.2) is 43.7 Å². The van der Waals surface area contributed by atoms with Gasteiger partial charge in [0.1, 0.15) is 0 Å². The normalized spacial score (nSPS) is 10.9. The molecule has 25 heavy (non-hydrogen) atoms. The highest BCUT2D eigenvalue weighted by molar-refractivity contribution is 14.0. The lowest BCUT2D eigenvalue weighted by Gasteiger charge is -2.10. The Kier molecular flexibility index (Phi) is 14.8. The van der Waals surface area contributed by atoms with E-state index in [1.807, 2.05) is 6.20 Å². The van der Waals surface area contributed by atoms with Crippen LogP contribution in [0.25, 0.3) is 0 Å². The van der Waals surface area contributed by atoms with Crippen molar-refractivity contribution in [1.29, 1.82) is 0 Å². The maximum absolute atomic E-state index is 11.0. The smallest absolute Gasteiger partial charge is 0.305 e. The molecule has 0 aliphatic carbocycles. The molecule has 1 aromatic rings. The molecule has 0 fully saturated rings. The quantitative estimate of drug-likeness (QED) is 0.167. The van der Waals surface area contributed by atoms with Gasteiger partial charge in [0.15, 0.2) is 5.96 Å². The van der Waals surface area contributed by atoms with Gasteiger partial charge in [0.25, 0.3) is 0 Å². The molecule has 2 N–H and O–H groups in total. The average Bonchev–Trinajstić information content (AvgIpc) is 2.98. The van der Waals surface area contributed by atoms with E-state index in [0.717, 1.165) is 62.7 Å². The van der Waals surface area contributed by atoms with Gasteiger partial charge in [-0.1, -0.05) is 12.8 Å². The van der Waals surface area contributed by atoms with Crippen LogP contribution < -0.4 is 10.6 Å². The number of hydrogen-bond donors (Lipinski definition) is 2.